The lowest BCUT2D eigenvalue weighted by molar-refractivity contribution is 0.954. The Morgan fingerprint density at radius 1 is 0.386 bits per heavy atom. The summed E-state index contributed by atoms with van der Waals surface area (Å²) in [7, 11) is 0. The Kier molecular flexibility index (Phi) is 7.17. The van der Waals surface area contributed by atoms with Gasteiger partial charge in [-0.1, -0.05) is 127 Å². The number of nitrogens with zero attached hydrogens (tertiary/aromatic N) is 6. The van der Waals surface area contributed by atoms with Gasteiger partial charge in [0.1, 0.15) is 0 Å². The summed E-state index contributed by atoms with van der Waals surface area (Å²) in [6, 6.07) is 59.0. The Bertz CT molecular complexity index is 3480. The Balaban J connectivity index is 1.10. The molecule has 5 heterocycles. The third-order valence-corrected chi connectivity index (χ3v) is 13.0. The van der Waals surface area contributed by atoms with E-state index in [0.717, 1.165) is 80.8 Å². The van der Waals surface area contributed by atoms with Crippen LogP contribution in [-0.4, -0.2) is 29.5 Å². The van der Waals surface area contributed by atoms with Gasteiger partial charge in [0.05, 0.1) is 26.9 Å². The summed E-state index contributed by atoms with van der Waals surface area (Å²) >= 11 is 3.52. The molecule has 0 saturated carbocycles. The summed E-state index contributed by atoms with van der Waals surface area (Å²) in [5.74, 6) is 2.51. The first-order valence-electron chi connectivity index (χ1n) is 18.8. The highest BCUT2D eigenvalue weighted by atomic mass is 32.1. The van der Waals surface area contributed by atoms with Crippen molar-refractivity contribution in [3.05, 3.63) is 170 Å². The van der Waals surface area contributed by atoms with Gasteiger partial charge in [0.15, 0.2) is 17.5 Å². The smallest absolute Gasteiger partial charge is 0.238 e. The van der Waals surface area contributed by atoms with Crippen LogP contribution in [0, 0.1) is 0 Å². The van der Waals surface area contributed by atoms with Crippen LogP contribution in [0.2, 0.25) is 0 Å². The van der Waals surface area contributed by atoms with Gasteiger partial charge in [-0.15, -0.1) is 22.7 Å². The molecule has 0 radical (unpaired) electrons. The molecule has 266 valence electrons. The molecule has 0 saturated heterocycles. The Morgan fingerprint density at radius 2 is 1.00 bits per heavy atom. The molecule has 12 aromatic rings. The zero-order chi connectivity index (χ0) is 37.5. The second kappa shape index (κ2) is 12.7. The molecule has 0 bridgehead atoms. The SMILES string of the molecule is c1ccc(-c2nc(-c3cccc4sc5ccc(-c6nc(-c7ccccc7)c7sc8ccccc8c7n6)cc5c34)nc(-n3c4ccccc4c4ccccc43)n2)cc1. The van der Waals surface area contributed by atoms with Crippen LogP contribution in [0.3, 0.4) is 0 Å². The van der Waals surface area contributed by atoms with Crippen molar-refractivity contribution >= 4 is 85.0 Å². The summed E-state index contributed by atoms with van der Waals surface area (Å²) in [4.78, 5) is 26.2. The van der Waals surface area contributed by atoms with Gasteiger partial charge in [0.2, 0.25) is 5.95 Å². The predicted molar refractivity (Wildman–Crippen MR) is 237 cm³/mol. The largest absolute Gasteiger partial charge is 0.278 e. The number of thiophene rings is 2. The van der Waals surface area contributed by atoms with Crippen LogP contribution in [0.15, 0.2) is 170 Å². The normalized spacial score (nSPS) is 11.9. The molecular formula is C49H28N6S2. The summed E-state index contributed by atoms with van der Waals surface area (Å²) in [5.41, 5.74) is 7.92. The fraction of sp³-hybridized carbons (Fsp3) is 0. The summed E-state index contributed by atoms with van der Waals surface area (Å²) in [6.45, 7) is 0. The van der Waals surface area contributed by atoms with Crippen molar-refractivity contribution in [1.29, 1.82) is 0 Å². The number of aromatic nitrogens is 6. The van der Waals surface area contributed by atoms with Crippen molar-refractivity contribution < 1.29 is 0 Å². The average molecular weight is 765 g/mol. The van der Waals surface area contributed by atoms with E-state index in [1.807, 2.05) is 24.3 Å². The van der Waals surface area contributed by atoms with Gasteiger partial charge in [-0.05, 0) is 42.5 Å². The van der Waals surface area contributed by atoms with Crippen molar-refractivity contribution in [2.75, 3.05) is 0 Å². The molecule has 0 aliphatic heterocycles. The van der Waals surface area contributed by atoms with E-state index in [9.17, 15) is 0 Å². The first-order chi connectivity index (χ1) is 28.2. The van der Waals surface area contributed by atoms with Crippen molar-refractivity contribution in [3.63, 3.8) is 0 Å². The van der Waals surface area contributed by atoms with Crippen molar-refractivity contribution in [3.8, 4) is 51.4 Å². The highest BCUT2D eigenvalue weighted by molar-refractivity contribution is 7.26. The molecule has 0 aliphatic carbocycles. The van der Waals surface area contributed by atoms with Gasteiger partial charge in [0.25, 0.3) is 0 Å². The maximum Gasteiger partial charge on any atom is 0.238 e. The van der Waals surface area contributed by atoms with Crippen molar-refractivity contribution in [1.82, 2.24) is 29.5 Å². The lowest BCUT2D eigenvalue weighted by Gasteiger charge is -2.11. The zero-order valence-electron chi connectivity index (χ0n) is 30.2. The van der Waals surface area contributed by atoms with E-state index < -0.39 is 0 Å². The molecule has 6 nitrogen and oxygen atoms in total. The second-order valence-corrected chi connectivity index (χ2v) is 16.2. The Morgan fingerprint density at radius 3 is 1.77 bits per heavy atom. The lowest BCUT2D eigenvalue weighted by Crippen LogP contribution is -2.06. The molecule has 0 aliphatic rings. The first kappa shape index (κ1) is 32.1. The van der Waals surface area contributed by atoms with E-state index >= 15 is 0 Å². The molecule has 0 amide bonds. The van der Waals surface area contributed by atoms with Gasteiger partial charge in [-0.2, -0.15) is 9.97 Å². The Hall–Kier alpha value is -7.13. The molecule has 5 aromatic heterocycles. The van der Waals surface area contributed by atoms with E-state index in [4.69, 9.17) is 24.9 Å². The maximum absolute atomic E-state index is 5.31. The number of fused-ring (bicyclic) bond motifs is 9. The fourth-order valence-corrected chi connectivity index (χ4v) is 10.4. The molecule has 8 heteroatoms. The number of benzene rings is 7. The van der Waals surface area contributed by atoms with Crippen LogP contribution in [0.4, 0.5) is 0 Å². The van der Waals surface area contributed by atoms with Gasteiger partial charge < -0.3 is 0 Å². The average Bonchev–Trinajstić information content (AvgIpc) is 3.96. The fourth-order valence-electron chi connectivity index (χ4n) is 8.10. The molecular weight excluding hydrogens is 737 g/mol. The van der Waals surface area contributed by atoms with Crippen LogP contribution >= 0.6 is 22.7 Å². The molecule has 7 aromatic carbocycles. The minimum atomic E-state index is 0.576. The topological polar surface area (TPSA) is 69.4 Å². The number of hydrogen-bond donors (Lipinski definition) is 0. The van der Waals surface area contributed by atoms with E-state index in [1.165, 1.54) is 9.40 Å². The van der Waals surface area contributed by atoms with E-state index in [0.29, 0.717) is 23.4 Å². The Labute approximate surface area is 334 Å². The predicted octanol–water partition coefficient (Wildman–Crippen LogP) is 13.2. The molecule has 57 heavy (non-hydrogen) atoms. The van der Waals surface area contributed by atoms with Crippen LogP contribution in [0.25, 0.3) is 114 Å². The third-order valence-electron chi connectivity index (χ3n) is 10.7. The van der Waals surface area contributed by atoms with E-state index in [-0.39, 0.29) is 0 Å². The second-order valence-electron chi connectivity index (χ2n) is 14.0. The number of rotatable bonds is 5. The molecule has 0 fully saturated rings. The van der Waals surface area contributed by atoms with Gasteiger partial charge in [-0.3, -0.25) is 4.57 Å². The van der Waals surface area contributed by atoms with E-state index in [1.54, 1.807) is 22.7 Å². The van der Waals surface area contributed by atoms with Gasteiger partial charge in [-0.25, -0.2) is 15.0 Å². The van der Waals surface area contributed by atoms with Crippen LogP contribution in [-0.2, 0) is 0 Å². The minimum Gasteiger partial charge on any atom is -0.278 e. The van der Waals surface area contributed by atoms with Crippen molar-refractivity contribution in [2.45, 2.75) is 0 Å². The number of hydrogen-bond acceptors (Lipinski definition) is 7. The van der Waals surface area contributed by atoms with Gasteiger partial charge in [0, 0.05) is 63.3 Å². The van der Waals surface area contributed by atoms with E-state index in [2.05, 4.69) is 150 Å². The standard InChI is InChI=1S/C49H28N6S2/c1-3-14-29(15-4-1)43-45-44(34-20-9-12-24-39(34)57-45)51-47(50-43)31-26-27-40-36(28-31)42-35(21-13-25-41(42)56-40)48-52-46(30-16-5-2-6-17-30)53-49(54-48)55-37-22-10-7-18-32(37)33-19-8-11-23-38(33)55/h1-28H. The molecule has 0 N–H and O–H groups in total. The molecule has 0 atom stereocenters. The maximum atomic E-state index is 5.31. The quantitative estimate of drug-likeness (QED) is 0.175. The lowest BCUT2D eigenvalue weighted by atomic mass is 10.0. The monoisotopic (exact) mass is 764 g/mol. The van der Waals surface area contributed by atoms with Crippen LogP contribution in [0.5, 0.6) is 0 Å². The molecule has 12 rings (SSSR count). The minimum absolute atomic E-state index is 0.576. The first-order valence-corrected chi connectivity index (χ1v) is 20.4. The molecule has 0 unspecified atom stereocenters. The zero-order valence-corrected chi connectivity index (χ0v) is 31.8. The highest BCUT2D eigenvalue weighted by Gasteiger charge is 2.21. The molecule has 0 spiro atoms. The number of para-hydroxylation sites is 2. The van der Waals surface area contributed by atoms with Gasteiger partial charge >= 0.3 is 0 Å². The van der Waals surface area contributed by atoms with Crippen LogP contribution < -0.4 is 0 Å². The van der Waals surface area contributed by atoms with Crippen LogP contribution in [0.1, 0.15) is 0 Å². The summed E-state index contributed by atoms with van der Waals surface area (Å²) in [6.07, 6.45) is 0. The van der Waals surface area contributed by atoms with Crippen molar-refractivity contribution in [2.24, 2.45) is 0 Å². The summed E-state index contributed by atoms with van der Waals surface area (Å²) in [5, 5.41) is 5.67. The summed E-state index contributed by atoms with van der Waals surface area (Å²) < 4.78 is 6.79. The third kappa shape index (κ3) is 5.12. The highest BCUT2D eigenvalue weighted by Crippen LogP contribution is 2.43.